The van der Waals surface area contributed by atoms with Crippen LogP contribution in [0.1, 0.15) is 59.4 Å². The summed E-state index contributed by atoms with van der Waals surface area (Å²) < 4.78 is 13.0. The molecule has 0 radical (unpaired) electrons. The summed E-state index contributed by atoms with van der Waals surface area (Å²) in [7, 11) is 3.35. The molecule has 6 heteroatoms. The molecule has 0 aliphatic carbocycles. The largest absolute Gasteiger partial charge is 0.493 e. The number of hydrogen-bond donors (Lipinski definition) is 1. The van der Waals surface area contributed by atoms with E-state index >= 15 is 0 Å². The number of unbranched alkanes of at least 4 members (excludes halogenated alkanes) is 2. The number of rotatable bonds is 9. The summed E-state index contributed by atoms with van der Waals surface area (Å²) in [6.45, 7) is 4.68. The number of fused-ring (bicyclic) bond motifs is 3. The predicted molar refractivity (Wildman–Crippen MR) is 140 cm³/mol. The molecule has 1 aromatic heterocycles. The van der Waals surface area contributed by atoms with Crippen molar-refractivity contribution in [3.63, 3.8) is 0 Å². The molecule has 0 saturated heterocycles. The Hall–Kier alpha value is -3.80. The zero-order chi connectivity index (χ0) is 25.1. The van der Waals surface area contributed by atoms with Gasteiger partial charge in [0.05, 0.1) is 35.7 Å². The van der Waals surface area contributed by atoms with Crippen LogP contribution in [0.2, 0.25) is 0 Å². The second kappa shape index (κ2) is 10.2. The molecule has 6 nitrogen and oxygen atoms in total. The first kappa shape index (κ1) is 24.3. The summed E-state index contributed by atoms with van der Waals surface area (Å²) in [4.78, 5) is 24.7. The number of aryl methyl sites for hydroxylation is 2. The lowest BCUT2D eigenvalue weighted by Crippen LogP contribution is -2.11. The summed E-state index contributed by atoms with van der Waals surface area (Å²) >= 11 is 0. The van der Waals surface area contributed by atoms with Crippen molar-refractivity contribution in [1.29, 1.82) is 0 Å². The van der Waals surface area contributed by atoms with Crippen molar-refractivity contribution < 1.29 is 19.1 Å². The number of ether oxygens (including phenoxy) is 2. The number of carbonyl (C=O) groups excluding carboxylic acids is 2. The number of methoxy groups -OCH3 is 1. The smallest absolute Gasteiger partial charge is 0.337 e. The van der Waals surface area contributed by atoms with Gasteiger partial charge in [-0.15, -0.1) is 0 Å². The summed E-state index contributed by atoms with van der Waals surface area (Å²) in [6, 6.07) is 15.3. The quantitative estimate of drug-likeness (QED) is 0.239. The molecular formula is C29H32N2O4. The van der Waals surface area contributed by atoms with Gasteiger partial charge in [0.2, 0.25) is 5.91 Å². The number of esters is 1. The fraction of sp³-hybridized carbons (Fsp3) is 0.310. The maximum absolute atomic E-state index is 12.7. The van der Waals surface area contributed by atoms with E-state index in [2.05, 4.69) is 23.6 Å². The normalized spacial score (nSPS) is 11.2. The van der Waals surface area contributed by atoms with E-state index in [1.165, 1.54) is 19.1 Å². The van der Waals surface area contributed by atoms with E-state index in [-0.39, 0.29) is 0 Å². The second-order valence-electron chi connectivity index (χ2n) is 8.79. The van der Waals surface area contributed by atoms with Gasteiger partial charge < -0.3 is 19.8 Å². The van der Waals surface area contributed by atoms with E-state index in [9.17, 15) is 9.59 Å². The number of nitrogens with two attached hydrogens (primary N) is 1. The molecule has 1 amide bonds. The van der Waals surface area contributed by atoms with Crippen LogP contribution in [-0.4, -0.2) is 30.2 Å². The summed E-state index contributed by atoms with van der Waals surface area (Å²) in [6.07, 6.45) is 4.43. The molecule has 0 unspecified atom stereocenters. The Balaban J connectivity index is 1.99. The number of amides is 1. The van der Waals surface area contributed by atoms with Gasteiger partial charge in [0.15, 0.2) is 0 Å². The van der Waals surface area contributed by atoms with Gasteiger partial charge in [0, 0.05) is 18.0 Å². The molecule has 2 N–H and O–H groups in total. The molecule has 0 spiro atoms. The third-order valence-electron chi connectivity index (χ3n) is 6.48. The highest BCUT2D eigenvalue weighted by atomic mass is 16.5. The zero-order valence-electron chi connectivity index (χ0n) is 20.8. The highest BCUT2D eigenvalue weighted by Gasteiger charge is 2.21. The van der Waals surface area contributed by atoms with Crippen LogP contribution in [0.3, 0.4) is 0 Å². The topological polar surface area (TPSA) is 83.6 Å². The second-order valence-corrected chi connectivity index (χ2v) is 8.79. The highest BCUT2D eigenvalue weighted by molar-refractivity contribution is 6.20. The Kier molecular flexibility index (Phi) is 7.10. The minimum absolute atomic E-state index is 0.412. The Morgan fingerprint density at radius 3 is 2.40 bits per heavy atom. The van der Waals surface area contributed by atoms with Crippen molar-refractivity contribution >= 4 is 33.7 Å². The van der Waals surface area contributed by atoms with Crippen LogP contribution in [-0.2, 0) is 18.2 Å². The van der Waals surface area contributed by atoms with Crippen LogP contribution in [0.25, 0.3) is 32.9 Å². The molecule has 0 atom stereocenters. The molecule has 1 heterocycles. The van der Waals surface area contributed by atoms with Gasteiger partial charge in [-0.1, -0.05) is 31.9 Å². The average Bonchev–Trinajstić information content (AvgIpc) is 3.15. The Morgan fingerprint density at radius 2 is 1.71 bits per heavy atom. The average molecular weight is 473 g/mol. The number of aromatic nitrogens is 1. The molecular weight excluding hydrogens is 440 g/mol. The van der Waals surface area contributed by atoms with Gasteiger partial charge in [0.25, 0.3) is 0 Å². The minimum atomic E-state index is -0.511. The van der Waals surface area contributed by atoms with Gasteiger partial charge in [-0.2, -0.15) is 0 Å². The van der Waals surface area contributed by atoms with Crippen molar-refractivity contribution in [3.05, 3.63) is 65.2 Å². The minimum Gasteiger partial charge on any atom is -0.493 e. The Morgan fingerprint density at radius 1 is 0.943 bits per heavy atom. The number of hydrogen-bond acceptors (Lipinski definition) is 4. The number of nitrogens with zero attached hydrogens (tertiary/aromatic N) is 1. The number of carbonyl (C=O) groups is 2. The molecule has 0 fully saturated rings. The lowest BCUT2D eigenvalue weighted by molar-refractivity contribution is 0.0600. The molecule has 0 saturated carbocycles. The maximum Gasteiger partial charge on any atom is 0.337 e. The van der Waals surface area contributed by atoms with Crippen molar-refractivity contribution in [2.75, 3.05) is 13.7 Å². The van der Waals surface area contributed by atoms with Gasteiger partial charge in [0.1, 0.15) is 5.75 Å². The lowest BCUT2D eigenvalue weighted by Gasteiger charge is -2.11. The monoisotopic (exact) mass is 472 g/mol. The van der Waals surface area contributed by atoms with Crippen LogP contribution in [0.5, 0.6) is 5.75 Å². The fourth-order valence-electron chi connectivity index (χ4n) is 4.75. The van der Waals surface area contributed by atoms with Crippen LogP contribution >= 0.6 is 0 Å². The number of primary amides is 1. The van der Waals surface area contributed by atoms with Gasteiger partial charge >= 0.3 is 5.97 Å². The predicted octanol–water partition coefficient (Wildman–Crippen LogP) is 6.02. The van der Waals surface area contributed by atoms with Gasteiger partial charge in [-0.25, -0.2) is 4.79 Å². The fourth-order valence-corrected chi connectivity index (χ4v) is 4.75. The number of benzene rings is 3. The first-order valence-electron chi connectivity index (χ1n) is 12.1. The molecule has 182 valence electrons. The van der Waals surface area contributed by atoms with E-state index in [0.29, 0.717) is 17.7 Å². The van der Waals surface area contributed by atoms with Crippen LogP contribution in [0, 0.1) is 0 Å². The van der Waals surface area contributed by atoms with E-state index in [1.807, 2.05) is 26.1 Å². The Bertz CT molecular complexity index is 1420. The van der Waals surface area contributed by atoms with Crippen molar-refractivity contribution in [1.82, 2.24) is 4.57 Å². The Labute approximate surface area is 205 Å². The first-order valence-corrected chi connectivity index (χ1v) is 12.1. The molecule has 0 aliphatic rings. The lowest BCUT2D eigenvalue weighted by atomic mass is 9.96. The van der Waals surface area contributed by atoms with E-state index in [0.717, 1.165) is 57.9 Å². The first-order chi connectivity index (χ1) is 16.9. The molecule has 4 aromatic rings. The molecule has 35 heavy (non-hydrogen) atoms. The van der Waals surface area contributed by atoms with E-state index in [1.54, 1.807) is 24.3 Å². The van der Waals surface area contributed by atoms with Gasteiger partial charge in [-0.3, -0.25) is 4.79 Å². The summed E-state index contributed by atoms with van der Waals surface area (Å²) in [5.41, 5.74) is 11.4. The summed E-state index contributed by atoms with van der Waals surface area (Å²) in [5.74, 6) is -0.155. The van der Waals surface area contributed by atoms with E-state index < -0.39 is 11.9 Å². The molecule has 3 aromatic carbocycles. The van der Waals surface area contributed by atoms with Gasteiger partial charge in [-0.05, 0) is 72.9 Å². The standard InChI is InChI=1S/C29H32N2O4/c1-5-7-8-10-18-13-23-27(25(14-18)35-6-2)26-22(28(30)32)16-21(17-24(26)31(23)3)19-11-9-12-20(15-19)29(33)34-4/h9,11-17H,5-8,10H2,1-4H3,(H2,30,32). The third kappa shape index (κ3) is 4.61. The van der Waals surface area contributed by atoms with Crippen molar-refractivity contribution in [2.24, 2.45) is 12.8 Å². The van der Waals surface area contributed by atoms with Crippen molar-refractivity contribution in [3.8, 4) is 16.9 Å². The third-order valence-corrected chi connectivity index (χ3v) is 6.48. The van der Waals surface area contributed by atoms with Crippen molar-refractivity contribution in [2.45, 2.75) is 39.5 Å². The van der Waals surface area contributed by atoms with Crippen LogP contribution in [0.4, 0.5) is 0 Å². The molecule has 0 aliphatic heterocycles. The SMILES string of the molecule is CCCCCc1cc(OCC)c2c3c(C(N)=O)cc(-c4cccc(C(=O)OC)c4)cc3n(C)c2c1. The van der Waals surface area contributed by atoms with Crippen LogP contribution < -0.4 is 10.5 Å². The van der Waals surface area contributed by atoms with Crippen LogP contribution in [0.15, 0.2) is 48.5 Å². The maximum atomic E-state index is 12.7. The summed E-state index contributed by atoms with van der Waals surface area (Å²) in [5, 5.41) is 1.68. The molecule has 0 bridgehead atoms. The zero-order valence-corrected chi connectivity index (χ0v) is 20.8. The van der Waals surface area contributed by atoms with E-state index in [4.69, 9.17) is 15.2 Å². The highest BCUT2D eigenvalue weighted by Crippen LogP contribution is 2.40. The molecule has 4 rings (SSSR count).